The predicted molar refractivity (Wildman–Crippen MR) is 79.4 cm³/mol. The van der Waals surface area contributed by atoms with Crippen LogP contribution in [0.2, 0.25) is 0 Å². The van der Waals surface area contributed by atoms with E-state index in [0.29, 0.717) is 6.04 Å². The van der Waals surface area contributed by atoms with Crippen molar-refractivity contribution >= 4 is 5.69 Å². The van der Waals surface area contributed by atoms with Gasteiger partial charge in [0.1, 0.15) is 0 Å². The second-order valence-corrected chi connectivity index (χ2v) is 6.09. The topological polar surface area (TPSA) is 37.0 Å². The van der Waals surface area contributed by atoms with Crippen molar-refractivity contribution in [3.63, 3.8) is 0 Å². The van der Waals surface area contributed by atoms with Gasteiger partial charge < -0.3 is 10.6 Å². The van der Waals surface area contributed by atoms with E-state index < -0.39 is 0 Å². The van der Waals surface area contributed by atoms with Gasteiger partial charge in [0.15, 0.2) is 0 Å². The molecule has 1 aromatic heterocycles. The zero-order valence-electron chi connectivity index (χ0n) is 11.9. The molecule has 2 fully saturated rings. The van der Waals surface area contributed by atoms with Crippen molar-refractivity contribution in [1.29, 1.82) is 0 Å². The molecule has 0 amide bonds. The van der Waals surface area contributed by atoms with Crippen LogP contribution in [0.15, 0.2) is 18.3 Å². The van der Waals surface area contributed by atoms with E-state index in [1.54, 1.807) is 0 Å². The first-order valence-electron chi connectivity index (χ1n) is 7.75. The SMILES string of the molecule is Cc1ccc(NC2CCCCC2C2CCCN2)cn1. The van der Waals surface area contributed by atoms with E-state index in [2.05, 4.69) is 27.8 Å². The first-order valence-corrected chi connectivity index (χ1v) is 7.75. The van der Waals surface area contributed by atoms with E-state index in [-0.39, 0.29) is 0 Å². The highest BCUT2D eigenvalue weighted by molar-refractivity contribution is 5.42. The lowest BCUT2D eigenvalue weighted by Gasteiger charge is -2.36. The summed E-state index contributed by atoms with van der Waals surface area (Å²) in [4.78, 5) is 4.39. The van der Waals surface area contributed by atoms with Crippen LogP contribution in [-0.4, -0.2) is 23.6 Å². The van der Waals surface area contributed by atoms with E-state index in [1.807, 2.05) is 13.1 Å². The molecule has 2 aliphatic rings. The number of anilines is 1. The molecule has 0 spiro atoms. The second kappa shape index (κ2) is 5.91. The summed E-state index contributed by atoms with van der Waals surface area (Å²) in [6.07, 6.45) is 10.1. The largest absolute Gasteiger partial charge is 0.381 e. The van der Waals surface area contributed by atoms with Crippen LogP contribution in [0, 0.1) is 12.8 Å². The van der Waals surface area contributed by atoms with Gasteiger partial charge in [0, 0.05) is 17.8 Å². The van der Waals surface area contributed by atoms with Crippen molar-refractivity contribution in [2.24, 2.45) is 5.92 Å². The summed E-state index contributed by atoms with van der Waals surface area (Å²) in [5.74, 6) is 0.789. The third-order valence-electron chi connectivity index (χ3n) is 4.70. The maximum Gasteiger partial charge on any atom is 0.0529 e. The summed E-state index contributed by atoms with van der Waals surface area (Å²) in [5, 5.41) is 7.43. The smallest absolute Gasteiger partial charge is 0.0529 e. The first kappa shape index (κ1) is 12.9. The molecule has 1 aliphatic carbocycles. The zero-order chi connectivity index (χ0) is 13.1. The Bertz CT molecular complexity index is 395. The molecule has 3 nitrogen and oxygen atoms in total. The Balaban J connectivity index is 1.67. The third-order valence-corrected chi connectivity index (χ3v) is 4.70. The standard InChI is InChI=1S/C16H25N3/c1-12-8-9-13(11-18-12)19-16-6-3-2-5-14(16)15-7-4-10-17-15/h8-9,11,14-17,19H,2-7,10H2,1H3. The van der Waals surface area contributed by atoms with Crippen molar-refractivity contribution in [2.45, 2.75) is 57.5 Å². The lowest BCUT2D eigenvalue weighted by Crippen LogP contribution is -2.43. The molecule has 2 heterocycles. The van der Waals surface area contributed by atoms with Gasteiger partial charge in [-0.3, -0.25) is 4.98 Å². The van der Waals surface area contributed by atoms with E-state index in [4.69, 9.17) is 0 Å². The molecule has 1 saturated carbocycles. The van der Waals surface area contributed by atoms with Crippen LogP contribution in [0.25, 0.3) is 0 Å². The fraction of sp³-hybridized carbons (Fsp3) is 0.688. The average Bonchev–Trinajstić information content (AvgIpc) is 2.96. The summed E-state index contributed by atoms with van der Waals surface area (Å²) in [5.41, 5.74) is 2.27. The molecule has 1 aliphatic heterocycles. The molecule has 0 radical (unpaired) electrons. The number of hydrogen-bond donors (Lipinski definition) is 2. The van der Waals surface area contributed by atoms with Crippen LogP contribution in [0.1, 0.15) is 44.2 Å². The molecular weight excluding hydrogens is 234 g/mol. The Hall–Kier alpha value is -1.09. The predicted octanol–water partition coefficient (Wildman–Crippen LogP) is 3.11. The molecule has 0 aromatic carbocycles. The normalized spacial score (nSPS) is 31.3. The van der Waals surface area contributed by atoms with E-state index in [9.17, 15) is 0 Å². The molecule has 3 rings (SSSR count). The molecule has 0 bridgehead atoms. The first-order chi connectivity index (χ1) is 9.33. The summed E-state index contributed by atoms with van der Waals surface area (Å²) in [6, 6.07) is 5.61. The maximum absolute atomic E-state index is 4.39. The lowest BCUT2D eigenvalue weighted by atomic mass is 9.79. The van der Waals surface area contributed by atoms with Crippen LogP contribution >= 0.6 is 0 Å². The van der Waals surface area contributed by atoms with E-state index in [0.717, 1.165) is 17.7 Å². The van der Waals surface area contributed by atoms with Crippen LogP contribution in [0.4, 0.5) is 5.69 Å². The van der Waals surface area contributed by atoms with Crippen LogP contribution in [0.3, 0.4) is 0 Å². The summed E-state index contributed by atoms with van der Waals surface area (Å²) < 4.78 is 0. The average molecular weight is 259 g/mol. The Kier molecular flexibility index (Phi) is 4.02. The monoisotopic (exact) mass is 259 g/mol. The van der Waals surface area contributed by atoms with Crippen molar-refractivity contribution < 1.29 is 0 Å². The quantitative estimate of drug-likeness (QED) is 0.875. The van der Waals surface area contributed by atoms with E-state index in [1.165, 1.54) is 50.8 Å². The van der Waals surface area contributed by atoms with Gasteiger partial charge in [-0.05, 0) is 57.2 Å². The van der Waals surface area contributed by atoms with Gasteiger partial charge in [-0.15, -0.1) is 0 Å². The number of hydrogen-bond acceptors (Lipinski definition) is 3. The number of aryl methyl sites for hydroxylation is 1. The van der Waals surface area contributed by atoms with Gasteiger partial charge in [0.2, 0.25) is 0 Å². The van der Waals surface area contributed by atoms with E-state index >= 15 is 0 Å². The molecule has 104 valence electrons. The van der Waals surface area contributed by atoms with Gasteiger partial charge in [-0.2, -0.15) is 0 Å². The zero-order valence-corrected chi connectivity index (χ0v) is 11.9. The fourth-order valence-electron chi connectivity index (χ4n) is 3.66. The van der Waals surface area contributed by atoms with Crippen molar-refractivity contribution in [3.05, 3.63) is 24.0 Å². The number of nitrogens with one attached hydrogen (secondary N) is 2. The number of rotatable bonds is 3. The Labute approximate surface area is 116 Å². The Morgan fingerprint density at radius 3 is 2.79 bits per heavy atom. The lowest BCUT2D eigenvalue weighted by molar-refractivity contribution is 0.262. The third kappa shape index (κ3) is 3.08. The minimum atomic E-state index is 0.619. The summed E-state index contributed by atoms with van der Waals surface area (Å²) in [7, 11) is 0. The minimum absolute atomic E-state index is 0.619. The van der Waals surface area contributed by atoms with Gasteiger partial charge >= 0.3 is 0 Å². The van der Waals surface area contributed by atoms with Gasteiger partial charge in [-0.25, -0.2) is 0 Å². The van der Waals surface area contributed by atoms with Gasteiger partial charge in [0.05, 0.1) is 11.9 Å². The van der Waals surface area contributed by atoms with Crippen molar-refractivity contribution in [1.82, 2.24) is 10.3 Å². The second-order valence-electron chi connectivity index (χ2n) is 6.09. The molecular formula is C16H25N3. The Morgan fingerprint density at radius 1 is 1.16 bits per heavy atom. The van der Waals surface area contributed by atoms with Crippen LogP contribution < -0.4 is 10.6 Å². The molecule has 19 heavy (non-hydrogen) atoms. The number of pyridine rings is 1. The highest BCUT2D eigenvalue weighted by Gasteiger charge is 2.33. The molecule has 3 heteroatoms. The Morgan fingerprint density at radius 2 is 2.05 bits per heavy atom. The van der Waals surface area contributed by atoms with Gasteiger partial charge in [-0.1, -0.05) is 12.8 Å². The number of aromatic nitrogens is 1. The summed E-state index contributed by atoms with van der Waals surface area (Å²) in [6.45, 7) is 3.25. The maximum atomic E-state index is 4.39. The highest BCUT2D eigenvalue weighted by Crippen LogP contribution is 2.32. The number of nitrogens with zero attached hydrogens (tertiary/aromatic N) is 1. The minimum Gasteiger partial charge on any atom is -0.381 e. The summed E-state index contributed by atoms with van der Waals surface area (Å²) >= 11 is 0. The van der Waals surface area contributed by atoms with Crippen molar-refractivity contribution in [2.75, 3.05) is 11.9 Å². The molecule has 1 aromatic rings. The molecule has 3 atom stereocenters. The fourth-order valence-corrected chi connectivity index (χ4v) is 3.66. The van der Waals surface area contributed by atoms with Crippen LogP contribution in [-0.2, 0) is 0 Å². The molecule has 1 saturated heterocycles. The van der Waals surface area contributed by atoms with Crippen molar-refractivity contribution in [3.8, 4) is 0 Å². The van der Waals surface area contributed by atoms with Crippen LogP contribution in [0.5, 0.6) is 0 Å². The molecule has 2 N–H and O–H groups in total. The van der Waals surface area contributed by atoms with Gasteiger partial charge in [0.25, 0.3) is 0 Å². The highest BCUT2D eigenvalue weighted by atomic mass is 15.0. The molecule has 3 unspecified atom stereocenters.